The first-order chi connectivity index (χ1) is 9.50. The predicted octanol–water partition coefficient (Wildman–Crippen LogP) is 3.85. The molecule has 1 aromatic heterocycles. The van der Waals surface area contributed by atoms with Gasteiger partial charge in [0.1, 0.15) is 6.33 Å². The molecule has 4 nitrogen and oxygen atoms in total. The smallest absolute Gasteiger partial charge is 0.240 e. The maximum absolute atomic E-state index is 10.2. The van der Waals surface area contributed by atoms with Crippen LogP contribution in [0.1, 0.15) is 24.8 Å². The van der Waals surface area contributed by atoms with Gasteiger partial charge in [0.15, 0.2) is 0 Å². The topological polar surface area (TPSA) is 53.8 Å². The van der Waals surface area contributed by atoms with Crippen LogP contribution in [0.3, 0.4) is 0 Å². The first kappa shape index (κ1) is 15.5. The van der Waals surface area contributed by atoms with E-state index in [0.717, 1.165) is 5.56 Å². The van der Waals surface area contributed by atoms with E-state index < -0.39 is 5.18 Å². The molecule has 1 saturated carbocycles. The van der Waals surface area contributed by atoms with Crippen molar-refractivity contribution in [2.45, 2.75) is 30.9 Å². The van der Waals surface area contributed by atoms with Gasteiger partial charge in [-0.05, 0) is 23.8 Å². The number of H-pyrrole nitrogens is 1. The van der Waals surface area contributed by atoms with Gasteiger partial charge in [-0.25, -0.2) is 9.67 Å². The lowest BCUT2D eigenvalue weighted by Gasteiger charge is -2.21. The highest BCUT2D eigenvalue weighted by atomic mass is 35.5. The Bertz CT molecular complexity index is 619. The quantitative estimate of drug-likeness (QED) is 0.663. The first-order valence-corrected chi connectivity index (χ1v) is 7.45. The number of benzene rings is 1. The molecule has 0 bridgehead atoms. The standard InChI is InChI=1S/C10H9Cl2N3OS.C3H6/c11-8-4-2-1-3-7(8)5-10(12,16)15-9(17)13-6-14-15;1-2-3-1/h1-4,6,16H,5H2,(H,13,14,17);1-3H2. The van der Waals surface area contributed by atoms with E-state index in [1.54, 1.807) is 18.2 Å². The zero-order valence-electron chi connectivity index (χ0n) is 10.7. The van der Waals surface area contributed by atoms with Gasteiger partial charge in [-0.2, -0.15) is 0 Å². The summed E-state index contributed by atoms with van der Waals surface area (Å²) in [7, 11) is 0. The molecule has 1 aromatic carbocycles. The second-order valence-electron chi connectivity index (χ2n) is 4.55. The van der Waals surface area contributed by atoms with Crippen molar-refractivity contribution in [1.82, 2.24) is 14.8 Å². The van der Waals surface area contributed by atoms with Crippen molar-refractivity contribution in [3.05, 3.63) is 45.9 Å². The molecule has 0 amide bonds. The van der Waals surface area contributed by atoms with Crippen LogP contribution in [0.4, 0.5) is 0 Å². The minimum absolute atomic E-state index is 0.116. The summed E-state index contributed by atoms with van der Waals surface area (Å²) in [6, 6.07) is 7.15. The number of nitrogens with one attached hydrogen (secondary N) is 1. The predicted molar refractivity (Wildman–Crippen MR) is 82.5 cm³/mol. The summed E-state index contributed by atoms with van der Waals surface area (Å²) in [6.07, 6.45) is 5.98. The van der Waals surface area contributed by atoms with Gasteiger partial charge in [0.25, 0.3) is 0 Å². The van der Waals surface area contributed by atoms with Gasteiger partial charge in [0, 0.05) is 11.4 Å². The Morgan fingerprint density at radius 1 is 1.35 bits per heavy atom. The number of nitrogens with zero attached hydrogens (tertiary/aromatic N) is 2. The number of hydrogen-bond acceptors (Lipinski definition) is 3. The Morgan fingerprint density at radius 2 is 2.00 bits per heavy atom. The average molecular weight is 332 g/mol. The summed E-state index contributed by atoms with van der Waals surface area (Å²) in [5.74, 6) is 0. The van der Waals surface area contributed by atoms with Crippen LogP contribution in [-0.4, -0.2) is 19.9 Å². The van der Waals surface area contributed by atoms with Crippen LogP contribution in [0.25, 0.3) is 0 Å². The van der Waals surface area contributed by atoms with Gasteiger partial charge in [0.2, 0.25) is 9.96 Å². The van der Waals surface area contributed by atoms with Gasteiger partial charge in [-0.3, -0.25) is 5.10 Å². The number of aromatic nitrogens is 3. The highest BCUT2D eigenvalue weighted by Crippen LogP contribution is 2.27. The second kappa shape index (κ2) is 6.72. The van der Waals surface area contributed by atoms with Gasteiger partial charge in [0.05, 0.1) is 0 Å². The third-order valence-electron chi connectivity index (χ3n) is 2.62. The SMILES string of the molecule is C1CC1.OC(Cl)(Cc1ccccc1Cl)n1[nH]cnc1=S. The Morgan fingerprint density at radius 3 is 2.50 bits per heavy atom. The fraction of sp³-hybridized carbons (Fsp3) is 0.385. The number of halogens is 2. The van der Waals surface area contributed by atoms with Crippen molar-refractivity contribution >= 4 is 35.4 Å². The van der Waals surface area contributed by atoms with E-state index in [9.17, 15) is 5.11 Å². The average Bonchev–Trinajstić information content (AvgIpc) is 3.21. The van der Waals surface area contributed by atoms with Crippen molar-refractivity contribution in [2.75, 3.05) is 0 Å². The second-order valence-corrected chi connectivity index (χ2v) is 5.93. The lowest BCUT2D eigenvalue weighted by atomic mass is 10.1. The minimum Gasteiger partial charge on any atom is -0.357 e. The van der Waals surface area contributed by atoms with E-state index in [-0.39, 0.29) is 11.2 Å². The molecule has 1 unspecified atom stereocenters. The zero-order valence-corrected chi connectivity index (χ0v) is 13.0. The van der Waals surface area contributed by atoms with Crippen LogP contribution in [0.15, 0.2) is 30.6 Å². The van der Waals surface area contributed by atoms with E-state index in [1.807, 2.05) is 6.07 Å². The molecular formula is C13H15Cl2N3OS. The van der Waals surface area contributed by atoms with Gasteiger partial charge < -0.3 is 5.11 Å². The number of rotatable bonds is 3. The van der Waals surface area contributed by atoms with E-state index >= 15 is 0 Å². The van der Waals surface area contributed by atoms with Gasteiger partial charge in [-0.15, -0.1) is 0 Å². The normalized spacial score (nSPS) is 15.9. The molecule has 1 atom stereocenters. The summed E-state index contributed by atoms with van der Waals surface area (Å²) in [4.78, 5) is 3.79. The van der Waals surface area contributed by atoms with Crippen molar-refractivity contribution in [1.29, 1.82) is 0 Å². The molecule has 1 heterocycles. The number of alkyl halides is 1. The monoisotopic (exact) mass is 331 g/mol. The molecule has 20 heavy (non-hydrogen) atoms. The first-order valence-electron chi connectivity index (χ1n) is 6.28. The molecule has 7 heteroatoms. The van der Waals surface area contributed by atoms with E-state index in [1.165, 1.54) is 30.3 Å². The summed E-state index contributed by atoms with van der Waals surface area (Å²) >= 11 is 17.0. The molecule has 0 spiro atoms. The Labute approximate surface area is 132 Å². The van der Waals surface area contributed by atoms with Crippen molar-refractivity contribution in [3.8, 4) is 0 Å². The number of aliphatic hydroxyl groups is 1. The number of hydrogen-bond donors (Lipinski definition) is 2. The largest absolute Gasteiger partial charge is 0.357 e. The van der Waals surface area contributed by atoms with Gasteiger partial charge >= 0.3 is 0 Å². The van der Waals surface area contributed by atoms with Crippen molar-refractivity contribution in [3.63, 3.8) is 0 Å². The van der Waals surface area contributed by atoms with E-state index in [0.29, 0.717) is 5.02 Å². The molecule has 0 radical (unpaired) electrons. The fourth-order valence-corrected chi connectivity index (χ4v) is 2.25. The molecule has 2 N–H and O–H groups in total. The van der Waals surface area contributed by atoms with Crippen LogP contribution >= 0.6 is 35.4 Å². The fourth-order valence-electron chi connectivity index (χ4n) is 1.46. The van der Waals surface area contributed by atoms with Crippen LogP contribution < -0.4 is 0 Å². The molecule has 108 valence electrons. The Hall–Kier alpha value is -0.880. The van der Waals surface area contributed by atoms with Crippen LogP contribution in [0, 0.1) is 4.77 Å². The van der Waals surface area contributed by atoms with Crippen LogP contribution in [0.5, 0.6) is 0 Å². The molecule has 0 aliphatic heterocycles. The maximum atomic E-state index is 10.2. The molecule has 1 aliphatic rings. The lowest BCUT2D eigenvalue weighted by molar-refractivity contribution is 0.0385. The van der Waals surface area contributed by atoms with Crippen LogP contribution in [0.2, 0.25) is 5.02 Å². The van der Waals surface area contributed by atoms with E-state index in [4.69, 9.17) is 35.4 Å². The maximum Gasteiger partial charge on any atom is 0.240 e. The summed E-state index contributed by atoms with van der Waals surface area (Å²) in [6.45, 7) is 0. The Balaban J connectivity index is 0.000000432. The van der Waals surface area contributed by atoms with Gasteiger partial charge in [-0.1, -0.05) is 60.7 Å². The summed E-state index contributed by atoms with van der Waals surface area (Å²) in [5, 5.41) is 11.7. The summed E-state index contributed by atoms with van der Waals surface area (Å²) < 4.78 is 1.38. The molecule has 1 aliphatic carbocycles. The Kier molecular flexibility index (Phi) is 5.21. The molecule has 3 rings (SSSR count). The highest BCUT2D eigenvalue weighted by Gasteiger charge is 2.28. The third-order valence-corrected chi connectivity index (χ3v) is 3.58. The van der Waals surface area contributed by atoms with Crippen LogP contribution in [-0.2, 0) is 11.6 Å². The molecule has 0 saturated heterocycles. The van der Waals surface area contributed by atoms with Crippen molar-refractivity contribution < 1.29 is 5.11 Å². The van der Waals surface area contributed by atoms with Crippen molar-refractivity contribution in [2.24, 2.45) is 0 Å². The molecular weight excluding hydrogens is 317 g/mol. The number of aromatic amines is 1. The minimum atomic E-state index is -1.71. The lowest BCUT2D eigenvalue weighted by Crippen LogP contribution is -2.30. The van der Waals surface area contributed by atoms with E-state index in [2.05, 4.69) is 10.1 Å². The highest BCUT2D eigenvalue weighted by molar-refractivity contribution is 7.71. The molecule has 2 aromatic rings. The zero-order chi connectivity index (χ0) is 14.6. The third kappa shape index (κ3) is 4.31. The molecule has 1 fully saturated rings. The summed E-state index contributed by atoms with van der Waals surface area (Å²) in [5.41, 5.74) is 0.725.